The minimum absolute atomic E-state index is 0.0943. The summed E-state index contributed by atoms with van der Waals surface area (Å²) in [4.78, 5) is 18.4. The Bertz CT molecular complexity index is 408. The second-order valence-electron chi connectivity index (χ2n) is 4.27. The van der Waals surface area contributed by atoms with Crippen LogP contribution in [0.15, 0.2) is 0 Å². The van der Waals surface area contributed by atoms with Crippen LogP contribution < -0.4 is 11.1 Å². The number of amides is 1. The van der Waals surface area contributed by atoms with Crippen LogP contribution in [0.3, 0.4) is 0 Å². The summed E-state index contributed by atoms with van der Waals surface area (Å²) in [6.07, 6.45) is 2.56. The number of nitrogens with one attached hydrogen (secondary N) is 1. The highest BCUT2D eigenvalue weighted by Gasteiger charge is 2.19. The zero-order chi connectivity index (χ0) is 14.3. The molecule has 0 aliphatic rings. The van der Waals surface area contributed by atoms with Crippen molar-refractivity contribution in [3.8, 4) is 0 Å². The Hall–Kier alpha value is -1.34. The van der Waals surface area contributed by atoms with E-state index in [2.05, 4.69) is 10.3 Å². The maximum absolute atomic E-state index is 12.2. The number of nitrogens with zero attached hydrogens (tertiary/aromatic N) is 2. The Balaban J connectivity index is 2.55. The number of anilines is 2. The summed E-state index contributed by atoms with van der Waals surface area (Å²) in [7, 11) is 1.76. The van der Waals surface area contributed by atoms with Crippen molar-refractivity contribution >= 4 is 28.2 Å². The first-order valence-corrected chi connectivity index (χ1v) is 7.28. The molecule has 1 rings (SSSR count). The Kier molecular flexibility index (Phi) is 6.58. The Morgan fingerprint density at radius 2 is 2.21 bits per heavy atom. The lowest BCUT2D eigenvalue weighted by atomic mass is 10.2. The predicted molar refractivity (Wildman–Crippen MR) is 78.6 cm³/mol. The molecule has 7 heteroatoms. The van der Waals surface area contributed by atoms with Crippen LogP contribution in [0.1, 0.15) is 35.9 Å². The summed E-state index contributed by atoms with van der Waals surface area (Å²) < 4.78 is 0. The summed E-state index contributed by atoms with van der Waals surface area (Å²) in [6.45, 7) is 3.57. The third kappa shape index (κ3) is 4.68. The third-order valence-electron chi connectivity index (χ3n) is 2.67. The molecule has 0 atom stereocenters. The molecule has 0 aliphatic heterocycles. The lowest BCUT2D eigenvalue weighted by Gasteiger charge is -2.15. The van der Waals surface area contributed by atoms with Crippen LogP contribution in [-0.4, -0.2) is 47.6 Å². The van der Waals surface area contributed by atoms with Crippen molar-refractivity contribution in [3.05, 3.63) is 4.88 Å². The van der Waals surface area contributed by atoms with Gasteiger partial charge in [0.1, 0.15) is 10.7 Å². The highest BCUT2D eigenvalue weighted by Crippen LogP contribution is 2.25. The maximum Gasteiger partial charge on any atom is 0.267 e. The molecule has 4 N–H and O–H groups in total. The van der Waals surface area contributed by atoms with Crippen molar-refractivity contribution in [2.45, 2.75) is 26.2 Å². The van der Waals surface area contributed by atoms with Crippen LogP contribution in [0.5, 0.6) is 0 Å². The zero-order valence-electron chi connectivity index (χ0n) is 11.5. The van der Waals surface area contributed by atoms with Gasteiger partial charge in [0.15, 0.2) is 5.13 Å². The highest BCUT2D eigenvalue weighted by molar-refractivity contribution is 7.18. The summed E-state index contributed by atoms with van der Waals surface area (Å²) in [6, 6.07) is 0. The second-order valence-corrected chi connectivity index (χ2v) is 5.27. The number of carbonyl (C=O) groups excluding carboxylic acids is 1. The van der Waals surface area contributed by atoms with Crippen molar-refractivity contribution in [1.82, 2.24) is 9.88 Å². The minimum Gasteiger partial charge on any atom is -0.396 e. The van der Waals surface area contributed by atoms with Crippen LogP contribution in [0, 0.1) is 0 Å². The van der Waals surface area contributed by atoms with Gasteiger partial charge in [0.25, 0.3) is 5.91 Å². The van der Waals surface area contributed by atoms with E-state index in [1.165, 1.54) is 11.3 Å². The maximum atomic E-state index is 12.2. The number of hydrogen-bond acceptors (Lipinski definition) is 6. The van der Waals surface area contributed by atoms with E-state index in [0.717, 1.165) is 25.8 Å². The molecule has 1 aromatic heterocycles. The van der Waals surface area contributed by atoms with Crippen LogP contribution in [0.4, 0.5) is 10.9 Å². The molecule has 19 heavy (non-hydrogen) atoms. The highest BCUT2D eigenvalue weighted by atomic mass is 32.1. The first-order chi connectivity index (χ1) is 9.10. The molecule has 0 fully saturated rings. The van der Waals surface area contributed by atoms with Gasteiger partial charge in [0, 0.05) is 26.7 Å². The average Bonchev–Trinajstić information content (AvgIpc) is 2.75. The van der Waals surface area contributed by atoms with Gasteiger partial charge in [-0.3, -0.25) is 4.79 Å². The van der Waals surface area contributed by atoms with Crippen molar-refractivity contribution < 1.29 is 9.90 Å². The predicted octanol–water partition coefficient (Wildman–Crippen LogP) is 1.39. The smallest absolute Gasteiger partial charge is 0.267 e. The molecule has 6 nitrogen and oxygen atoms in total. The lowest BCUT2D eigenvalue weighted by molar-refractivity contribution is 0.0797. The van der Waals surface area contributed by atoms with Gasteiger partial charge in [-0.1, -0.05) is 11.3 Å². The molecule has 0 spiro atoms. The van der Waals surface area contributed by atoms with Crippen LogP contribution in [0.2, 0.25) is 0 Å². The van der Waals surface area contributed by atoms with Gasteiger partial charge in [-0.15, -0.1) is 0 Å². The van der Waals surface area contributed by atoms with Gasteiger partial charge < -0.3 is 21.1 Å². The molecule has 0 unspecified atom stereocenters. The minimum atomic E-state index is -0.0943. The van der Waals surface area contributed by atoms with E-state index in [1.807, 2.05) is 6.92 Å². The van der Waals surface area contributed by atoms with Crippen LogP contribution >= 0.6 is 11.3 Å². The van der Waals surface area contributed by atoms with E-state index >= 15 is 0 Å². The van der Waals surface area contributed by atoms with E-state index in [-0.39, 0.29) is 18.3 Å². The van der Waals surface area contributed by atoms with E-state index in [4.69, 9.17) is 10.8 Å². The number of thiazole rings is 1. The molecule has 0 saturated carbocycles. The molecule has 0 aromatic carbocycles. The van der Waals surface area contributed by atoms with Gasteiger partial charge in [-0.05, 0) is 26.2 Å². The zero-order valence-corrected chi connectivity index (χ0v) is 12.3. The molecule has 0 aliphatic carbocycles. The largest absolute Gasteiger partial charge is 0.396 e. The van der Waals surface area contributed by atoms with Crippen LogP contribution in [0.25, 0.3) is 0 Å². The first-order valence-electron chi connectivity index (χ1n) is 6.46. The van der Waals surface area contributed by atoms with E-state index in [9.17, 15) is 4.79 Å². The normalized spacial score (nSPS) is 10.5. The van der Waals surface area contributed by atoms with Crippen molar-refractivity contribution in [2.24, 2.45) is 0 Å². The topological polar surface area (TPSA) is 91.5 Å². The summed E-state index contributed by atoms with van der Waals surface area (Å²) in [5, 5.41) is 12.4. The molecule has 0 radical (unpaired) electrons. The van der Waals surface area contributed by atoms with Crippen molar-refractivity contribution in [1.29, 1.82) is 0 Å². The second kappa shape index (κ2) is 7.96. The van der Waals surface area contributed by atoms with Gasteiger partial charge in [-0.2, -0.15) is 0 Å². The Labute approximate surface area is 117 Å². The Morgan fingerprint density at radius 3 is 2.84 bits per heavy atom. The third-order valence-corrected chi connectivity index (χ3v) is 3.69. The summed E-state index contributed by atoms with van der Waals surface area (Å²) in [5.74, 6) is 0.191. The average molecular weight is 286 g/mol. The van der Waals surface area contributed by atoms with Crippen molar-refractivity contribution in [2.75, 3.05) is 37.8 Å². The van der Waals surface area contributed by atoms with E-state index in [0.29, 0.717) is 16.6 Å². The lowest BCUT2D eigenvalue weighted by Crippen LogP contribution is -2.27. The first kappa shape index (κ1) is 15.7. The molecular formula is C12H22N4O2S. The van der Waals surface area contributed by atoms with Gasteiger partial charge in [0.2, 0.25) is 0 Å². The monoisotopic (exact) mass is 286 g/mol. The SMILES string of the molecule is CCNc1nc(N)c(C(=O)N(C)CCCCCO)s1. The molecule has 0 saturated heterocycles. The summed E-state index contributed by atoms with van der Waals surface area (Å²) >= 11 is 1.29. The van der Waals surface area contributed by atoms with E-state index in [1.54, 1.807) is 11.9 Å². The molecule has 1 aromatic rings. The summed E-state index contributed by atoms with van der Waals surface area (Å²) in [5.41, 5.74) is 5.77. The standard InChI is InChI=1S/C12H22N4O2S/c1-3-14-12-15-10(13)9(19-12)11(18)16(2)7-5-4-6-8-17/h17H,3-8,13H2,1-2H3,(H,14,15). The number of nitrogens with two attached hydrogens (primary N) is 1. The number of unbranched alkanes of at least 4 members (excludes halogenated alkanes) is 2. The number of carbonyl (C=O) groups is 1. The molecular weight excluding hydrogens is 264 g/mol. The fraction of sp³-hybridized carbons (Fsp3) is 0.667. The molecule has 108 valence electrons. The van der Waals surface area contributed by atoms with Gasteiger partial charge in [-0.25, -0.2) is 4.98 Å². The van der Waals surface area contributed by atoms with Crippen molar-refractivity contribution in [3.63, 3.8) is 0 Å². The molecule has 0 bridgehead atoms. The number of aliphatic hydroxyl groups is 1. The Morgan fingerprint density at radius 1 is 1.47 bits per heavy atom. The quantitative estimate of drug-likeness (QED) is 0.628. The van der Waals surface area contributed by atoms with Gasteiger partial charge in [0.05, 0.1) is 0 Å². The number of nitrogen functional groups attached to an aromatic ring is 1. The number of aliphatic hydroxyl groups excluding tert-OH is 1. The molecule has 1 amide bonds. The van der Waals surface area contributed by atoms with Crippen LogP contribution in [-0.2, 0) is 0 Å². The number of rotatable bonds is 8. The van der Waals surface area contributed by atoms with Gasteiger partial charge >= 0.3 is 0 Å². The van der Waals surface area contributed by atoms with E-state index < -0.39 is 0 Å². The number of aromatic nitrogens is 1. The fourth-order valence-electron chi connectivity index (χ4n) is 1.62. The number of hydrogen-bond donors (Lipinski definition) is 3. The fourth-order valence-corrected chi connectivity index (χ4v) is 2.57. The molecule has 1 heterocycles.